The van der Waals surface area contributed by atoms with Crippen molar-refractivity contribution in [2.45, 2.75) is 0 Å². The number of nitrogens with one attached hydrogen (secondary N) is 1. The molecule has 0 spiro atoms. The van der Waals surface area contributed by atoms with E-state index in [2.05, 4.69) is 27.8 Å². The second-order valence-corrected chi connectivity index (χ2v) is 5.29. The summed E-state index contributed by atoms with van der Waals surface area (Å²) in [4.78, 5) is 24.9. The molecule has 7 heteroatoms. The van der Waals surface area contributed by atoms with Crippen LogP contribution in [0.4, 0.5) is 4.79 Å². The van der Waals surface area contributed by atoms with E-state index in [1.807, 2.05) is 0 Å². The molecule has 1 fully saturated rings. The molecule has 0 aromatic heterocycles. The number of rotatable bonds is 5. The Morgan fingerprint density at radius 2 is 2.05 bits per heavy atom. The molecule has 2 rings (SSSR count). The van der Waals surface area contributed by atoms with Gasteiger partial charge in [-0.15, -0.1) is 6.58 Å². The molecule has 1 heterocycles. The zero-order valence-electron chi connectivity index (χ0n) is 12.2. The molecule has 1 saturated heterocycles. The molecule has 0 unspecified atom stereocenters. The quantitative estimate of drug-likeness (QED) is 0.494. The van der Waals surface area contributed by atoms with Crippen molar-refractivity contribution in [2.75, 3.05) is 20.8 Å². The fourth-order valence-electron chi connectivity index (χ4n) is 2.05. The van der Waals surface area contributed by atoms with Crippen LogP contribution in [0.3, 0.4) is 0 Å². The summed E-state index contributed by atoms with van der Waals surface area (Å²) in [6.07, 6.45) is 3.07. The summed E-state index contributed by atoms with van der Waals surface area (Å²) in [5.74, 6) is 0.680. The van der Waals surface area contributed by atoms with Crippen LogP contribution in [0.5, 0.6) is 11.5 Å². The summed E-state index contributed by atoms with van der Waals surface area (Å²) >= 11 is 3.38. The molecule has 3 amide bonds. The van der Waals surface area contributed by atoms with Crippen LogP contribution >= 0.6 is 15.9 Å². The average molecular weight is 367 g/mol. The van der Waals surface area contributed by atoms with E-state index in [0.29, 0.717) is 21.5 Å². The maximum atomic E-state index is 12.1. The lowest BCUT2D eigenvalue weighted by atomic mass is 10.1. The highest BCUT2D eigenvalue weighted by Gasteiger charge is 2.32. The number of methoxy groups -OCH3 is 2. The Bertz CT molecular complexity index is 670. The van der Waals surface area contributed by atoms with Gasteiger partial charge in [0, 0.05) is 6.54 Å². The number of halogens is 1. The first-order chi connectivity index (χ1) is 10.5. The number of imide groups is 1. The topological polar surface area (TPSA) is 67.9 Å². The minimum Gasteiger partial charge on any atom is -0.493 e. The molecule has 0 radical (unpaired) electrons. The van der Waals surface area contributed by atoms with E-state index in [1.165, 1.54) is 20.3 Å². The van der Waals surface area contributed by atoms with Crippen molar-refractivity contribution in [2.24, 2.45) is 0 Å². The Kier molecular flexibility index (Phi) is 4.87. The number of hydrogen-bond acceptors (Lipinski definition) is 4. The minimum absolute atomic E-state index is 0.164. The van der Waals surface area contributed by atoms with Gasteiger partial charge in [-0.25, -0.2) is 4.79 Å². The molecule has 116 valence electrons. The highest BCUT2D eigenvalue weighted by atomic mass is 79.9. The molecule has 0 aliphatic carbocycles. The van der Waals surface area contributed by atoms with E-state index in [9.17, 15) is 9.59 Å². The molecule has 0 saturated carbocycles. The molecule has 0 atom stereocenters. The molecular weight excluding hydrogens is 352 g/mol. The predicted molar refractivity (Wildman–Crippen MR) is 85.7 cm³/mol. The summed E-state index contributed by atoms with van der Waals surface area (Å²) < 4.78 is 11.2. The number of benzene rings is 1. The molecule has 6 nitrogen and oxygen atoms in total. The van der Waals surface area contributed by atoms with Crippen molar-refractivity contribution >= 4 is 33.9 Å². The maximum absolute atomic E-state index is 12.1. The highest BCUT2D eigenvalue weighted by molar-refractivity contribution is 9.10. The van der Waals surface area contributed by atoms with E-state index >= 15 is 0 Å². The van der Waals surface area contributed by atoms with Gasteiger partial charge >= 0.3 is 6.03 Å². The normalized spacial score (nSPS) is 16.0. The third kappa shape index (κ3) is 2.99. The van der Waals surface area contributed by atoms with E-state index in [4.69, 9.17) is 9.47 Å². The van der Waals surface area contributed by atoms with Crippen LogP contribution in [0, 0.1) is 0 Å². The van der Waals surface area contributed by atoms with Crippen molar-refractivity contribution in [1.82, 2.24) is 10.2 Å². The number of amides is 3. The zero-order chi connectivity index (χ0) is 16.3. The Morgan fingerprint density at radius 1 is 1.32 bits per heavy atom. The molecule has 1 N–H and O–H groups in total. The third-order valence-corrected chi connectivity index (χ3v) is 3.63. The van der Waals surface area contributed by atoms with Crippen molar-refractivity contribution in [1.29, 1.82) is 0 Å². The molecule has 0 bridgehead atoms. The maximum Gasteiger partial charge on any atom is 0.329 e. The van der Waals surface area contributed by atoms with Crippen LogP contribution in [0.25, 0.3) is 6.08 Å². The van der Waals surface area contributed by atoms with Gasteiger partial charge in [-0.2, -0.15) is 0 Å². The number of nitrogens with zero attached hydrogens (tertiary/aromatic N) is 1. The minimum atomic E-state index is -0.462. The summed E-state index contributed by atoms with van der Waals surface area (Å²) in [6, 6.07) is 3.02. The van der Waals surface area contributed by atoms with Gasteiger partial charge < -0.3 is 14.8 Å². The van der Waals surface area contributed by atoms with Crippen molar-refractivity contribution in [3.05, 3.63) is 40.5 Å². The summed E-state index contributed by atoms with van der Waals surface area (Å²) in [7, 11) is 3.06. The lowest BCUT2D eigenvalue weighted by Crippen LogP contribution is -2.30. The van der Waals surface area contributed by atoms with E-state index in [0.717, 1.165) is 4.90 Å². The van der Waals surface area contributed by atoms with Crippen LogP contribution in [0.15, 0.2) is 35.0 Å². The smallest absolute Gasteiger partial charge is 0.329 e. The predicted octanol–water partition coefficient (Wildman–Crippen LogP) is 2.55. The standard InChI is InChI=1S/C15H15BrN2O4/c1-4-5-18-14(19)11(17-15(18)20)7-9-6-10(16)13(22-3)12(8-9)21-2/h4,6-8H,1,5H2,2-3H3,(H,17,20)/b11-7-. The Balaban J connectivity index is 2.38. The number of carbonyl (C=O) groups is 2. The largest absolute Gasteiger partial charge is 0.493 e. The van der Waals surface area contributed by atoms with Gasteiger partial charge in [0.25, 0.3) is 5.91 Å². The highest BCUT2D eigenvalue weighted by Crippen LogP contribution is 2.36. The first-order valence-corrected chi connectivity index (χ1v) is 7.18. The molecule has 1 aromatic rings. The molecule has 1 aromatic carbocycles. The Hall–Kier alpha value is -2.28. The lowest BCUT2D eigenvalue weighted by Gasteiger charge is -2.10. The van der Waals surface area contributed by atoms with Gasteiger partial charge in [-0.1, -0.05) is 6.08 Å². The first-order valence-electron chi connectivity index (χ1n) is 6.38. The van der Waals surface area contributed by atoms with Crippen LogP contribution < -0.4 is 14.8 Å². The molecular formula is C15H15BrN2O4. The third-order valence-electron chi connectivity index (χ3n) is 3.04. The fourth-order valence-corrected chi connectivity index (χ4v) is 2.68. The van der Waals surface area contributed by atoms with Gasteiger partial charge in [0.1, 0.15) is 5.70 Å². The number of hydrogen-bond donors (Lipinski definition) is 1. The van der Waals surface area contributed by atoms with Crippen LogP contribution in [-0.4, -0.2) is 37.6 Å². The van der Waals surface area contributed by atoms with Gasteiger partial charge in [0.05, 0.1) is 18.7 Å². The lowest BCUT2D eigenvalue weighted by molar-refractivity contribution is -0.122. The Morgan fingerprint density at radius 3 is 2.64 bits per heavy atom. The average Bonchev–Trinajstić information content (AvgIpc) is 2.74. The van der Waals surface area contributed by atoms with Gasteiger partial charge in [0.15, 0.2) is 11.5 Å². The van der Waals surface area contributed by atoms with Crippen LogP contribution in [0.2, 0.25) is 0 Å². The number of urea groups is 1. The summed E-state index contributed by atoms with van der Waals surface area (Å²) in [5.41, 5.74) is 0.889. The zero-order valence-corrected chi connectivity index (χ0v) is 13.8. The first kappa shape index (κ1) is 16.1. The van der Waals surface area contributed by atoms with Gasteiger partial charge in [0.2, 0.25) is 0 Å². The van der Waals surface area contributed by atoms with E-state index in [-0.39, 0.29) is 12.2 Å². The van der Waals surface area contributed by atoms with Crippen LogP contribution in [-0.2, 0) is 4.79 Å². The second-order valence-electron chi connectivity index (χ2n) is 4.43. The van der Waals surface area contributed by atoms with Crippen LogP contribution in [0.1, 0.15) is 5.56 Å². The number of carbonyl (C=O) groups excluding carboxylic acids is 2. The summed E-state index contributed by atoms with van der Waals surface area (Å²) in [6.45, 7) is 3.69. The Labute approximate surface area is 136 Å². The molecule has 1 aliphatic rings. The number of ether oxygens (including phenoxy) is 2. The van der Waals surface area contributed by atoms with Crippen molar-refractivity contribution in [3.63, 3.8) is 0 Å². The molecule has 1 aliphatic heterocycles. The fraction of sp³-hybridized carbons (Fsp3) is 0.200. The second kappa shape index (κ2) is 6.65. The van der Waals surface area contributed by atoms with Gasteiger partial charge in [-0.3, -0.25) is 9.69 Å². The molecule has 22 heavy (non-hydrogen) atoms. The monoisotopic (exact) mass is 366 g/mol. The summed E-state index contributed by atoms with van der Waals surface area (Å²) in [5, 5.41) is 2.54. The SMILES string of the molecule is C=CCN1C(=O)N/C(=C\c2cc(Br)c(OC)c(OC)c2)C1=O. The van der Waals surface area contributed by atoms with Crippen molar-refractivity contribution in [3.8, 4) is 11.5 Å². The van der Waals surface area contributed by atoms with E-state index in [1.54, 1.807) is 18.2 Å². The van der Waals surface area contributed by atoms with Gasteiger partial charge in [-0.05, 0) is 39.7 Å². The van der Waals surface area contributed by atoms with Crippen molar-refractivity contribution < 1.29 is 19.1 Å². The van der Waals surface area contributed by atoms with E-state index < -0.39 is 11.9 Å².